The lowest BCUT2D eigenvalue weighted by molar-refractivity contribution is -0.159. The van der Waals surface area contributed by atoms with Crippen LogP contribution < -0.4 is 0 Å². The number of hydrogen-bond donors (Lipinski definition) is 0. The zero-order chi connectivity index (χ0) is 20.1. The molecule has 2 saturated carbocycles. The molecular formula is C20H23N3O5. The number of carbonyl (C=O) groups is 2. The number of nitrogens with zero attached hydrogens (tertiary/aromatic N) is 3. The smallest absolute Gasteiger partial charge is 0.321 e. The molecule has 2 aliphatic carbocycles. The topological polar surface area (TPSA) is 111 Å². The fourth-order valence-electron chi connectivity index (χ4n) is 4.20. The maximum absolute atomic E-state index is 13.1. The lowest BCUT2D eigenvalue weighted by Crippen LogP contribution is -2.50. The fraction of sp³-hybridized carbons (Fsp3) is 0.500. The van der Waals surface area contributed by atoms with E-state index >= 15 is 0 Å². The summed E-state index contributed by atoms with van der Waals surface area (Å²) in [6.45, 7) is 5.82. The first-order chi connectivity index (χ1) is 13.6. The Morgan fingerprint density at radius 3 is 2.75 bits per heavy atom. The number of benzene rings is 1. The van der Waals surface area contributed by atoms with Crippen molar-refractivity contribution in [3.63, 3.8) is 0 Å². The minimum atomic E-state index is -1.59. The van der Waals surface area contributed by atoms with Crippen molar-refractivity contribution in [2.75, 3.05) is 13.2 Å². The minimum Gasteiger partial charge on any atom is -0.466 e. The molecule has 0 spiro atoms. The van der Waals surface area contributed by atoms with Gasteiger partial charge in [-0.05, 0) is 30.4 Å². The third-order valence-electron chi connectivity index (χ3n) is 5.38. The molecule has 0 aliphatic heterocycles. The molecular weight excluding hydrogens is 362 g/mol. The van der Waals surface area contributed by atoms with E-state index in [1.807, 2.05) is 30.3 Å². The molecule has 0 saturated heterocycles. The quantitative estimate of drug-likeness (QED) is 0.213. The molecule has 0 bridgehead atoms. The van der Waals surface area contributed by atoms with E-state index < -0.39 is 29.4 Å². The highest BCUT2D eigenvalue weighted by molar-refractivity contribution is 5.88. The van der Waals surface area contributed by atoms with Crippen LogP contribution in [0.4, 0.5) is 0 Å². The highest BCUT2D eigenvalue weighted by Gasteiger charge is 2.76. The van der Waals surface area contributed by atoms with Crippen molar-refractivity contribution in [2.24, 2.45) is 22.9 Å². The lowest BCUT2D eigenvalue weighted by atomic mass is 9.88. The van der Waals surface area contributed by atoms with Gasteiger partial charge in [0.15, 0.2) is 5.54 Å². The van der Waals surface area contributed by atoms with Gasteiger partial charge < -0.3 is 14.2 Å². The summed E-state index contributed by atoms with van der Waals surface area (Å²) in [4.78, 5) is 28.3. The van der Waals surface area contributed by atoms with E-state index in [4.69, 9.17) is 14.2 Å². The third-order valence-corrected chi connectivity index (χ3v) is 5.38. The van der Waals surface area contributed by atoms with Gasteiger partial charge in [-0.2, -0.15) is 0 Å². The molecule has 0 amide bonds. The van der Waals surface area contributed by atoms with Gasteiger partial charge in [0.05, 0.1) is 25.2 Å². The monoisotopic (exact) mass is 385 g/mol. The Kier molecular flexibility index (Phi) is 6.02. The molecule has 0 heterocycles. The van der Waals surface area contributed by atoms with Gasteiger partial charge in [0.1, 0.15) is 6.61 Å². The number of azide groups is 1. The van der Waals surface area contributed by atoms with Crippen molar-refractivity contribution in [3.05, 3.63) is 59.0 Å². The Balaban J connectivity index is 1.85. The SMILES string of the molecule is C=CCO[C@@H]1C[C@H]2[C@H](C(=O)OCC)[C@H]2[C@]1(N=[N+]=[N-])C(=O)OCc1ccccc1. The maximum atomic E-state index is 13.1. The summed E-state index contributed by atoms with van der Waals surface area (Å²) in [6, 6.07) is 9.20. The highest BCUT2D eigenvalue weighted by Crippen LogP contribution is 2.65. The van der Waals surface area contributed by atoms with Crippen LogP contribution in [0.3, 0.4) is 0 Å². The minimum absolute atomic E-state index is 0.0397. The number of fused-ring (bicyclic) bond motifs is 1. The Bertz CT molecular complexity index is 792. The average molecular weight is 385 g/mol. The Morgan fingerprint density at radius 2 is 2.11 bits per heavy atom. The summed E-state index contributed by atoms with van der Waals surface area (Å²) < 4.78 is 16.4. The van der Waals surface area contributed by atoms with Crippen LogP contribution in [0.25, 0.3) is 10.4 Å². The summed E-state index contributed by atoms with van der Waals surface area (Å²) in [5, 5.41) is 3.86. The van der Waals surface area contributed by atoms with Crippen molar-refractivity contribution in [1.82, 2.24) is 0 Å². The molecule has 1 aromatic rings. The summed E-state index contributed by atoms with van der Waals surface area (Å²) in [6.07, 6.45) is 1.30. The van der Waals surface area contributed by atoms with Gasteiger partial charge in [0, 0.05) is 10.8 Å². The second-order valence-corrected chi connectivity index (χ2v) is 6.89. The average Bonchev–Trinajstić information content (AvgIpc) is 3.34. The van der Waals surface area contributed by atoms with Crippen LogP contribution in [0.2, 0.25) is 0 Å². The predicted octanol–water partition coefficient (Wildman–Crippen LogP) is 3.18. The number of carbonyl (C=O) groups excluding carboxylic acids is 2. The molecule has 148 valence electrons. The number of ether oxygens (including phenoxy) is 3. The molecule has 28 heavy (non-hydrogen) atoms. The number of rotatable bonds is 9. The van der Waals surface area contributed by atoms with Crippen LogP contribution in [0.1, 0.15) is 18.9 Å². The number of esters is 2. The number of hydrogen-bond acceptors (Lipinski definition) is 6. The van der Waals surface area contributed by atoms with E-state index in [2.05, 4.69) is 16.6 Å². The normalized spacial score (nSPS) is 29.9. The van der Waals surface area contributed by atoms with Gasteiger partial charge in [-0.3, -0.25) is 9.59 Å². The van der Waals surface area contributed by atoms with Crippen molar-refractivity contribution in [3.8, 4) is 0 Å². The summed E-state index contributed by atoms with van der Waals surface area (Å²) >= 11 is 0. The van der Waals surface area contributed by atoms with E-state index in [1.165, 1.54) is 0 Å². The zero-order valence-electron chi connectivity index (χ0n) is 15.7. The van der Waals surface area contributed by atoms with E-state index in [-0.39, 0.29) is 31.7 Å². The summed E-state index contributed by atoms with van der Waals surface area (Å²) in [7, 11) is 0. The van der Waals surface area contributed by atoms with Crippen molar-refractivity contribution < 1.29 is 23.8 Å². The Morgan fingerprint density at radius 1 is 1.36 bits per heavy atom. The molecule has 8 nitrogen and oxygen atoms in total. The lowest BCUT2D eigenvalue weighted by Gasteiger charge is -2.31. The molecule has 2 aliphatic rings. The largest absolute Gasteiger partial charge is 0.466 e. The third kappa shape index (κ3) is 3.48. The molecule has 0 radical (unpaired) electrons. The van der Waals surface area contributed by atoms with E-state index in [1.54, 1.807) is 13.0 Å². The van der Waals surface area contributed by atoms with Crippen LogP contribution in [-0.2, 0) is 30.4 Å². The van der Waals surface area contributed by atoms with Crippen LogP contribution in [0.5, 0.6) is 0 Å². The van der Waals surface area contributed by atoms with Gasteiger partial charge >= 0.3 is 11.9 Å². The van der Waals surface area contributed by atoms with Crippen LogP contribution in [0, 0.1) is 17.8 Å². The molecule has 0 unspecified atom stereocenters. The molecule has 0 aromatic heterocycles. The highest BCUT2D eigenvalue weighted by atomic mass is 16.5. The summed E-state index contributed by atoms with van der Waals surface area (Å²) in [5.41, 5.74) is 8.41. The molecule has 2 fully saturated rings. The van der Waals surface area contributed by atoms with Crippen molar-refractivity contribution in [2.45, 2.75) is 31.6 Å². The van der Waals surface area contributed by atoms with Gasteiger partial charge in [-0.15, -0.1) is 6.58 Å². The van der Waals surface area contributed by atoms with Gasteiger partial charge in [-0.25, -0.2) is 0 Å². The fourth-order valence-corrected chi connectivity index (χ4v) is 4.20. The van der Waals surface area contributed by atoms with Crippen molar-refractivity contribution in [1.29, 1.82) is 0 Å². The second-order valence-electron chi connectivity index (χ2n) is 6.89. The first-order valence-corrected chi connectivity index (χ1v) is 9.26. The van der Waals surface area contributed by atoms with Gasteiger partial charge in [-0.1, -0.05) is 41.5 Å². The summed E-state index contributed by atoms with van der Waals surface area (Å²) in [5.74, 6) is -2.17. The Labute approximate surface area is 163 Å². The molecule has 5 atom stereocenters. The first kappa shape index (κ1) is 19.9. The van der Waals surface area contributed by atoms with Gasteiger partial charge in [0.25, 0.3) is 0 Å². The zero-order valence-corrected chi connectivity index (χ0v) is 15.7. The Hall–Kier alpha value is -2.83. The van der Waals surface area contributed by atoms with Gasteiger partial charge in [0.2, 0.25) is 0 Å². The maximum Gasteiger partial charge on any atom is 0.321 e. The van der Waals surface area contributed by atoms with Crippen LogP contribution in [-0.4, -0.2) is 36.8 Å². The first-order valence-electron chi connectivity index (χ1n) is 9.26. The van der Waals surface area contributed by atoms with E-state index in [0.717, 1.165) is 5.56 Å². The molecule has 3 rings (SSSR count). The second kappa shape index (κ2) is 8.46. The van der Waals surface area contributed by atoms with Crippen LogP contribution in [0.15, 0.2) is 48.1 Å². The molecule has 8 heteroatoms. The standard InChI is InChI=1S/C20H23N3O5/c1-3-10-27-15-11-14-16(18(24)26-4-2)17(14)20(15,22-23-21)19(25)28-12-13-8-6-5-7-9-13/h3,5-9,14-17H,1,4,10-12H2,2H3/t14-,15+,16-,17-,20-/m0/s1. The van der Waals surface area contributed by atoms with E-state index in [9.17, 15) is 15.1 Å². The molecule has 1 aromatic carbocycles. The van der Waals surface area contributed by atoms with Crippen molar-refractivity contribution >= 4 is 11.9 Å². The predicted molar refractivity (Wildman–Crippen MR) is 99.8 cm³/mol. The molecule has 0 N–H and O–H groups in total. The van der Waals surface area contributed by atoms with E-state index in [0.29, 0.717) is 6.42 Å². The van der Waals surface area contributed by atoms with Crippen LogP contribution >= 0.6 is 0 Å².